The Balaban J connectivity index is 2.82. The molecule has 1 aromatic rings. The van der Waals surface area contributed by atoms with Gasteiger partial charge in [-0.05, 0) is 25.4 Å². The Hall–Kier alpha value is -0.800. The number of hydrogen-bond donors (Lipinski definition) is 1. The Morgan fingerprint density at radius 2 is 2.31 bits per heavy atom. The van der Waals surface area contributed by atoms with Gasteiger partial charge in [-0.2, -0.15) is 0 Å². The number of likely N-dealkylation sites (N-methyl/N-ethyl adjacent to an activating group) is 1. The normalized spacial score (nSPS) is 10.0. The molecule has 0 atom stereocenters. The smallest absolute Gasteiger partial charge is 0.176 e. The third-order valence-corrected chi connectivity index (χ3v) is 2.45. The number of ketones is 1. The molecule has 13 heavy (non-hydrogen) atoms. The molecule has 0 saturated carbocycles. The molecule has 1 aromatic carbocycles. The standard InChI is InChI=1S/C10H13NOS/c1-11-7-10(12)8-4-3-5-9(6-8)13-2/h3-6,11H,7H2,1-2H3. The topological polar surface area (TPSA) is 29.1 Å². The van der Waals surface area contributed by atoms with Gasteiger partial charge in [-0.3, -0.25) is 4.79 Å². The number of carbonyl (C=O) groups excluding carboxylic acids is 1. The highest BCUT2D eigenvalue weighted by Crippen LogP contribution is 2.15. The molecular weight excluding hydrogens is 182 g/mol. The monoisotopic (exact) mass is 195 g/mol. The fourth-order valence-electron chi connectivity index (χ4n) is 1.06. The Morgan fingerprint density at radius 1 is 1.54 bits per heavy atom. The summed E-state index contributed by atoms with van der Waals surface area (Å²) in [6, 6.07) is 7.68. The molecule has 0 aliphatic rings. The summed E-state index contributed by atoms with van der Waals surface area (Å²) in [5.74, 6) is 0.137. The Morgan fingerprint density at radius 3 is 2.92 bits per heavy atom. The van der Waals surface area contributed by atoms with Crippen LogP contribution in [-0.2, 0) is 0 Å². The van der Waals surface area contributed by atoms with Crippen molar-refractivity contribution in [1.29, 1.82) is 0 Å². The molecule has 0 aliphatic heterocycles. The number of rotatable bonds is 4. The Kier molecular flexibility index (Phi) is 3.99. The predicted molar refractivity (Wildman–Crippen MR) is 56.5 cm³/mol. The van der Waals surface area contributed by atoms with Crippen molar-refractivity contribution in [3.63, 3.8) is 0 Å². The molecule has 0 unspecified atom stereocenters. The highest BCUT2D eigenvalue weighted by atomic mass is 32.2. The quantitative estimate of drug-likeness (QED) is 0.587. The van der Waals surface area contributed by atoms with Gasteiger partial charge in [-0.25, -0.2) is 0 Å². The summed E-state index contributed by atoms with van der Waals surface area (Å²) in [4.78, 5) is 12.6. The van der Waals surface area contributed by atoms with Crippen molar-refractivity contribution in [3.05, 3.63) is 29.8 Å². The summed E-state index contributed by atoms with van der Waals surface area (Å²) in [5, 5.41) is 2.85. The fourth-order valence-corrected chi connectivity index (χ4v) is 1.52. The molecule has 0 fully saturated rings. The first-order valence-electron chi connectivity index (χ1n) is 4.09. The van der Waals surface area contributed by atoms with Crippen molar-refractivity contribution in [2.24, 2.45) is 0 Å². The molecule has 3 heteroatoms. The molecule has 0 aliphatic carbocycles. The zero-order valence-electron chi connectivity index (χ0n) is 7.83. The van der Waals surface area contributed by atoms with E-state index in [0.717, 1.165) is 10.5 Å². The van der Waals surface area contributed by atoms with Crippen LogP contribution in [0, 0.1) is 0 Å². The van der Waals surface area contributed by atoms with E-state index in [1.54, 1.807) is 18.8 Å². The van der Waals surface area contributed by atoms with Gasteiger partial charge in [0.05, 0.1) is 6.54 Å². The number of nitrogens with one attached hydrogen (secondary N) is 1. The van der Waals surface area contributed by atoms with Gasteiger partial charge in [0.1, 0.15) is 0 Å². The maximum atomic E-state index is 11.4. The van der Waals surface area contributed by atoms with Crippen molar-refractivity contribution in [2.75, 3.05) is 19.8 Å². The van der Waals surface area contributed by atoms with Crippen LogP contribution in [0.2, 0.25) is 0 Å². The van der Waals surface area contributed by atoms with Crippen LogP contribution in [0.1, 0.15) is 10.4 Å². The van der Waals surface area contributed by atoms with Crippen molar-refractivity contribution >= 4 is 17.5 Å². The van der Waals surface area contributed by atoms with Gasteiger partial charge in [0.25, 0.3) is 0 Å². The van der Waals surface area contributed by atoms with Gasteiger partial charge < -0.3 is 5.32 Å². The number of carbonyl (C=O) groups is 1. The molecule has 0 heterocycles. The lowest BCUT2D eigenvalue weighted by Crippen LogP contribution is -2.18. The fraction of sp³-hybridized carbons (Fsp3) is 0.300. The van der Waals surface area contributed by atoms with E-state index in [1.165, 1.54) is 0 Å². The van der Waals surface area contributed by atoms with E-state index in [-0.39, 0.29) is 5.78 Å². The van der Waals surface area contributed by atoms with Crippen LogP contribution in [0.15, 0.2) is 29.2 Å². The maximum absolute atomic E-state index is 11.4. The first-order valence-corrected chi connectivity index (χ1v) is 5.32. The largest absolute Gasteiger partial charge is 0.313 e. The minimum Gasteiger partial charge on any atom is -0.313 e. The van der Waals surface area contributed by atoms with E-state index in [1.807, 2.05) is 30.5 Å². The number of hydrogen-bond acceptors (Lipinski definition) is 3. The van der Waals surface area contributed by atoms with Crippen LogP contribution >= 0.6 is 11.8 Å². The summed E-state index contributed by atoms with van der Waals surface area (Å²) in [6.45, 7) is 0.401. The lowest BCUT2D eigenvalue weighted by Gasteiger charge is -2.01. The van der Waals surface area contributed by atoms with Gasteiger partial charge in [0, 0.05) is 10.5 Å². The SMILES string of the molecule is CNCC(=O)c1cccc(SC)c1. The van der Waals surface area contributed by atoms with Gasteiger partial charge in [-0.1, -0.05) is 12.1 Å². The lowest BCUT2D eigenvalue weighted by atomic mass is 10.1. The number of thioether (sulfide) groups is 1. The highest BCUT2D eigenvalue weighted by molar-refractivity contribution is 7.98. The van der Waals surface area contributed by atoms with Crippen LogP contribution in [0.5, 0.6) is 0 Å². The van der Waals surface area contributed by atoms with Crippen LogP contribution in [0.3, 0.4) is 0 Å². The average Bonchev–Trinajstić information content (AvgIpc) is 2.18. The minimum absolute atomic E-state index is 0.137. The molecule has 0 saturated heterocycles. The molecule has 0 radical (unpaired) electrons. The van der Waals surface area contributed by atoms with E-state index < -0.39 is 0 Å². The zero-order valence-corrected chi connectivity index (χ0v) is 8.65. The molecule has 0 aromatic heterocycles. The summed E-state index contributed by atoms with van der Waals surface area (Å²) >= 11 is 1.65. The summed E-state index contributed by atoms with van der Waals surface area (Å²) in [6.07, 6.45) is 2.00. The van der Waals surface area contributed by atoms with Gasteiger partial charge in [0.15, 0.2) is 5.78 Å². The molecule has 0 spiro atoms. The van der Waals surface area contributed by atoms with E-state index in [0.29, 0.717) is 6.54 Å². The minimum atomic E-state index is 0.137. The van der Waals surface area contributed by atoms with Crippen LogP contribution in [-0.4, -0.2) is 25.6 Å². The van der Waals surface area contributed by atoms with Crippen LogP contribution < -0.4 is 5.32 Å². The Labute approximate surface area is 82.7 Å². The maximum Gasteiger partial charge on any atom is 0.176 e. The molecular formula is C10H13NOS. The molecule has 0 bridgehead atoms. The van der Waals surface area contributed by atoms with Gasteiger partial charge in [0.2, 0.25) is 0 Å². The summed E-state index contributed by atoms with van der Waals surface area (Å²) in [5.41, 5.74) is 0.779. The third-order valence-electron chi connectivity index (χ3n) is 1.73. The molecule has 1 N–H and O–H groups in total. The van der Waals surface area contributed by atoms with Gasteiger partial charge >= 0.3 is 0 Å². The molecule has 70 valence electrons. The van der Waals surface area contributed by atoms with Crippen molar-refractivity contribution in [1.82, 2.24) is 5.32 Å². The highest BCUT2D eigenvalue weighted by Gasteiger charge is 2.03. The second kappa shape index (κ2) is 5.04. The van der Waals surface area contributed by atoms with Gasteiger partial charge in [-0.15, -0.1) is 11.8 Å². The van der Waals surface area contributed by atoms with Crippen LogP contribution in [0.25, 0.3) is 0 Å². The van der Waals surface area contributed by atoms with E-state index in [2.05, 4.69) is 5.32 Å². The van der Waals surface area contributed by atoms with Crippen molar-refractivity contribution < 1.29 is 4.79 Å². The molecule has 2 nitrogen and oxygen atoms in total. The zero-order chi connectivity index (χ0) is 9.68. The first-order chi connectivity index (χ1) is 6.27. The van der Waals surface area contributed by atoms with E-state index >= 15 is 0 Å². The van der Waals surface area contributed by atoms with E-state index in [4.69, 9.17) is 0 Å². The number of benzene rings is 1. The summed E-state index contributed by atoms with van der Waals surface area (Å²) in [7, 11) is 1.77. The van der Waals surface area contributed by atoms with Crippen molar-refractivity contribution in [2.45, 2.75) is 4.90 Å². The van der Waals surface area contributed by atoms with Crippen LogP contribution in [0.4, 0.5) is 0 Å². The lowest BCUT2D eigenvalue weighted by molar-refractivity contribution is 0.0993. The summed E-state index contributed by atoms with van der Waals surface area (Å²) < 4.78 is 0. The first kappa shape index (κ1) is 10.3. The van der Waals surface area contributed by atoms with Crippen molar-refractivity contribution in [3.8, 4) is 0 Å². The second-order valence-corrected chi connectivity index (χ2v) is 3.57. The number of Topliss-reactive ketones (excluding diaryl/α,β-unsaturated/α-hetero) is 1. The Bertz CT molecular complexity index is 299. The average molecular weight is 195 g/mol. The predicted octanol–water partition coefficient (Wildman–Crippen LogP) is 1.81. The third kappa shape index (κ3) is 2.86. The second-order valence-electron chi connectivity index (χ2n) is 2.69. The molecule has 0 amide bonds. The molecule has 1 rings (SSSR count). The van der Waals surface area contributed by atoms with E-state index in [9.17, 15) is 4.79 Å².